The fraction of sp³-hybridized carbons (Fsp3) is 0.222. The van der Waals surface area contributed by atoms with Crippen molar-refractivity contribution < 1.29 is 5.11 Å². The van der Waals surface area contributed by atoms with Gasteiger partial charge in [0.25, 0.3) is 0 Å². The van der Waals surface area contributed by atoms with Gasteiger partial charge in [0.2, 0.25) is 0 Å². The molecule has 130 valence electrons. The third-order valence-corrected chi connectivity index (χ3v) is 4.23. The second-order valence-electron chi connectivity index (χ2n) is 6.04. The number of benzene rings is 1. The Bertz CT molecular complexity index is 889. The van der Waals surface area contributed by atoms with Gasteiger partial charge < -0.3 is 22.3 Å². The van der Waals surface area contributed by atoms with E-state index in [4.69, 9.17) is 17.2 Å². The largest absolute Gasteiger partial charge is 0.508 e. The lowest BCUT2D eigenvalue weighted by Crippen LogP contribution is -2.09. The molecule has 0 aliphatic rings. The van der Waals surface area contributed by atoms with E-state index >= 15 is 0 Å². The third kappa shape index (κ3) is 3.50. The van der Waals surface area contributed by atoms with E-state index in [1.807, 2.05) is 29.2 Å². The van der Waals surface area contributed by atoms with Crippen LogP contribution in [0.2, 0.25) is 0 Å². The number of phenols is 1. The lowest BCUT2D eigenvalue weighted by Gasteiger charge is -2.17. The molecule has 0 radical (unpaired) electrons. The van der Waals surface area contributed by atoms with Gasteiger partial charge in [0.1, 0.15) is 17.4 Å². The van der Waals surface area contributed by atoms with Crippen molar-refractivity contribution in [3.8, 4) is 5.75 Å². The maximum atomic E-state index is 9.58. The van der Waals surface area contributed by atoms with Crippen molar-refractivity contribution >= 4 is 17.3 Å². The summed E-state index contributed by atoms with van der Waals surface area (Å²) in [5, 5.41) is 14.0. The van der Waals surface area contributed by atoms with E-state index in [9.17, 15) is 5.11 Å². The number of phenolic OH excluding ortho intramolecular Hbond substituents is 1. The van der Waals surface area contributed by atoms with E-state index in [0.29, 0.717) is 18.1 Å². The van der Waals surface area contributed by atoms with Gasteiger partial charge in [-0.25, -0.2) is 4.98 Å². The van der Waals surface area contributed by atoms with Gasteiger partial charge in [-0.1, -0.05) is 19.1 Å². The van der Waals surface area contributed by atoms with Crippen LogP contribution in [0.1, 0.15) is 36.0 Å². The summed E-state index contributed by atoms with van der Waals surface area (Å²) in [4.78, 5) is 4.00. The van der Waals surface area contributed by atoms with Crippen molar-refractivity contribution in [3.05, 3.63) is 59.4 Å². The predicted molar refractivity (Wildman–Crippen MR) is 99.0 cm³/mol. The monoisotopic (exact) mass is 338 g/mol. The predicted octanol–water partition coefficient (Wildman–Crippen LogP) is 2.32. The standard InChI is InChI=1S/C18H22N6O/c1-2-14(15-7-16(19)23-18(21)17(15)20)12-8-22-24(10-12)9-11-4-3-5-13(25)6-11/h3-8,10,14,25H,2,9,20H2,1H3,(H4,19,21,23). The Balaban J connectivity index is 1.89. The summed E-state index contributed by atoms with van der Waals surface area (Å²) in [6.07, 6.45) is 4.62. The van der Waals surface area contributed by atoms with Crippen LogP contribution in [0.4, 0.5) is 17.3 Å². The molecule has 25 heavy (non-hydrogen) atoms. The quantitative estimate of drug-likeness (QED) is 0.565. The van der Waals surface area contributed by atoms with Crippen molar-refractivity contribution in [2.75, 3.05) is 17.2 Å². The lowest BCUT2D eigenvalue weighted by atomic mass is 9.90. The Morgan fingerprint density at radius 2 is 2.00 bits per heavy atom. The van der Waals surface area contributed by atoms with E-state index in [1.54, 1.807) is 18.2 Å². The number of pyridine rings is 1. The zero-order valence-corrected chi connectivity index (χ0v) is 14.1. The Morgan fingerprint density at radius 3 is 2.72 bits per heavy atom. The average Bonchev–Trinajstić information content (AvgIpc) is 3.01. The van der Waals surface area contributed by atoms with E-state index in [0.717, 1.165) is 23.1 Å². The minimum atomic E-state index is 0.0329. The molecular formula is C18H22N6O. The van der Waals surface area contributed by atoms with Crippen LogP contribution in [0, 0.1) is 0 Å². The van der Waals surface area contributed by atoms with Crippen LogP contribution in [-0.2, 0) is 6.54 Å². The Hall–Kier alpha value is -3.22. The smallest absolute Gasteiger partial charge is 0.149 e. The molecule has 0 aliphatic carbocycles. The number of hydrogen-bond acceptors (Lipinski definition) is 6. The number of hydrogen-bond donors (Lipinski definition) is 4. The molecule has 1 atom stereocenters. The molecule has 3 aromatic rings. The Morgan fingerprint density at radius 1 is 1.20 bits per heavy atom. The molecule has 0 saturated heterocycles. The molecule has 1 unspecified atom stereocenters. The van der Waals surface area contributed by atoms with Gasteiger partial charge in [-0.15, -0.1) is 0 Å². The minimum Gasteiger partial charge on any atom is -0.508 e. The fourth-order valence-electron chi connectivity index (χ4n) is 3.03. The normalized spacial score (nSPS) is 12.2. The molecule has 0 aliphatic heterocycles. The topological polar surface area (TPSA) is 129 Å². The first-order chi connectivity index (χ1) is 12.0. The van der Waals surface area contributed by atoms with Crippen molar-refractivity contribution in [2.24, 2.45) is 0 Å². The summed E-state index contributed by atoms with van der Waals surface area (Å²) in [6.45, 7) is 2.64. The summed E-state index contributed by atoms with van der Waals surface area (Å²) < 4.78 is 1.83. The third-order valence-electron chi connectivity index (χ3n) is 4.23. The van der Waals surface area contributed by atoms with Crippen molar-refractivity contribution in [3.63, 3.8) is 0 Å². The zero-order valence-electron chi connectivity index (χ0n) is 14.1. The van der Waals surface area contributed by atoms with E-state index in [-0.39, 0.29) is 17.5 Å². The van der Waals surface area contributed by atoms with Crippen LogP contribution in [-0.4, -0.2) is 19.9 Å². The molecule has 7 heteroatoms. The molecular weight excluding hydrogens is 316 g/mol. The van der Waals surface area contributed by atoms with Gasteiger partial charge in [0, 0.05) is 12.1 Å². The van der Waals surface area contributed by atoms with Gasteiger partial charge in [0.15, 0.2) is 0 Å². The number of nitrogens with zero attached hydrogens (tertiary/aromatic N) is 3. The molecule has 2 heterocycles. The number of rotatable bonds is 5. The maximum Gasteiger partial charge on any atom is 0.149 e. The average molecular weight is 338 g/mol. The van der Waals surface area contributed by atoms with Crippen molar-refractivity contribution in [2.45, 2.75) is 25.8 Å². The van der Waals surface area contributed by atoms with Gasteiger partial charge in [-0.3, -0.25) is 4.68 Å². The van der Waals surface area contributed by atoms with Gasteiger partial charge in [-0.2, -0.15) is 5.10 Å². The molecule has 3 rings (SSSR count). The number of nitrogens with two attached hydrogens (primary N) is 3. The highest BCUT2D eigenvalue weighted by Crippen LogP contribution is 2.34. The molecule has 1 aromatic carbocycles. The second kappa shape index (κ2) is 6.72. The molecule has 0 fully saturated rings. The summed E-state index contributed by atoms with van der Waals surface area (Å²) in [5.74, 6) is 0.880. The second-order valence-corrected chi connectivity index (χ2v) is 6.04. The van der Waals surface area contributed by atoms with E-state index in [1.165, 1.54) is 0 Å². The molecule has 0 saturated carbocycles. The molecule has 7 N–H and O–H groups in total. The number of nitrogen functional groups attached to an aromatic ring is 3. The van der Waals surface area contributed by atoms with Gasteiger partial charge >= 0.3 is 0 Å². The summed E-state index contributed by atoms with van der Waals surface area (Å²) >= 11 is 0. The minimum absolute atomic E-state index is 0.0329. The fourth-order valence-corrected chi connectivity index (χ4v) is 3.03. The van der Waals surface area contributed by atoms with Crippen molar-refractivity contribution in [1.82, 2.24) is 14.8 Å². The van der Waals surface area contributed by atoms with Gasteiger partial charge in [-0.05, 0) is 41.3 Å². The molecule has 2 aromatic heterocycles. The zero-order chi connectivity index (χ0) is 18.0. The highest BCUT2D eigenvalue weighted by molar-refractivity contribution is 5.68. The van der Waals surface area contributed by atoms with E-state index < -0.39 is 0 Å². The van der Waals surface area contributed by atoms with Crippen LogP contribution in [0.15, 0.2) is 42.7 Å². The van der Waals surface area contributed by atoms with E-state index in [2.05, 4.69) is 17.0 Å². The van der Waals surface area contributed by atoms with Gasteiger partial charge in [0.05, 0.1) is 18.4 Å². The van der Waals surface area contributed by atoms with Crippen molar-refractivity contribution in [1.29, 1.82) is 0 Å². The summed E-state index contributed by atoms with van der Waals surface area (Å²) in [7, 11) is 0. The molecule has 0 amide bonds. The highest BCUT2D eigenvalue weighted by atomic mass is 16.3. The first-order valence-electron chi connectivity index (χ1n) is 8.09. The summed E-state index contributed by atoms with van der Waals surface area (Å²) in [5.41, 5.74) is 21.1. The van der Waals surface area contributed by atoms with Crippen LogP contribution in [0.25, 0.3) is 0 Å². The Labute approximate surface area is 146 Å². The number of anilines is 3. The SMILES string of the molecule is CCC(c1cnn(Cc2cccc(O)c2)c1)c1cc(N)nc(N)c1N. The van der Waals surface area contributed by atoms with Crippen LogP contribution < -0.4 is 17.2 Å². The number of aromatic hydroxyl groups is 1. The first-order valence-corrected chi connectivity index (χ1v) is 8.09. The molecule has 0 spiro atoms. The first kappa shape index (κ1) is 16.6. The molecule has 0 bridgehead atoms. The lowest BCUT2D eigenvalue weighted by molar-refractivity contribution is 0.474. The Kier molecular flexibility index (Phi) is 4.47. The number of aromatic nitrogens is 3. The van der Waals surface area contributed by atoms with Crippen LogP contribution in [0.5, 0.6) is 5.75 Å². The highest BCUT2D eigenvalue weighted by Gasteiger charge is 2.19. The molecule has 7 nitrogen and oxygen atoms in total. The maximum absolute atomic E-state index is 9.58. The van der Waals surface area contributed by atoms with Crippen LogP contribution >= 0.6 is 0 Å². The van der Waals surface area contributed by atoms with Crippen LogP contribution in [0.3, 0.4) is 0 Å². The summed E-state index contributed by atoms with van der Waals surface area (Å²) in [6, 6.07) is 8.90.